The molecule has 184 valence electrons. The van der Waals surface area contributed by atoms with E-state index in [1.54, 1.807) is 9.47 Å². The van der Waals surface area contributed by atoms with Crippen LogP contribution in [0.1, 0.15) is 62.6 Å². The lowest BCUT2D eigenvalue weighted by Gasteiger charge is -2.36. The molecule has 3 rings (SSSR count). The summed E-state index contributed by atoms with van der Waals surface area (Å²) in [5.41, 5.74) is 1.32. The third kappa shape index (κ3) is 5.56. The van der Waals surface area contributed by atoms with Crippen LogP contribution < -0.4 is 10.5 Å². The van der Waals surface area contributed by atoms with Gasteiger partial charge in [0.25, 0.3) is 11.5 Å². The third-order valence-corrected chi connectivity index (χ3v) is 7.90. The second kappa shape index (κ2) is 12.0. The molecule has 2 aliphatic heterocycles. The first kappa shape index (κ1) is 26.5. The van der Waals surface area contributed by atoms with Crippen molar-refractivity contribution in [1.82, 2.24) is 14.4 Å². The number of pyridine rings is 1. The Kier molecular flexibility index (Phi) is 9.34. The number of rotatable bonds is 9. The molecule has 1 aromatic rings. The van der Waals surface area contributed by atoms with Crippen molar-refractivity contribution < 1.29 is 4.79 Å². The second-order valence-electron chi connectivity index (χ2n) is 8.99. The maximum atomic E-state index is 13.3. The normalized spacial score (nSPS) is 18.3. The third-order valence-electron chi connectivity index (χ3n) is 6.52. The van der Waals surface area contributed by atoms with Gasteiger partial charge in [0.15, 0.2) is 0 Å². The van der Waals surface area contributed by atoms with Gasteiger partial charge in [-0.15, -0.1) is 0 Å². The van der Waals surface area contributed by atoms with Crippen LogP contribution in [-0.2, 0) is 11.3 Å². The molecular weight excluding hydrogens is 466 g/mol. The molecular formula is C25H35N5O2S2. The molecule has 0 radical (unpaired) electrons. The maximum Gasteiger partial charge on any atom is 0.270 e. The van der Waals surface area contributed by atoms with Gasteiger partial charge in [0.05, 0.1) is 4.91 Å². The standard InChI is InChI=1S/C25H35N5O2S2/c1-5-7-9-11-30-24(32)21(34-25(30)33)16-19-18(3)20(17-26)23(31)29(10-8-6-2)22(19)28-14-12-27(4)13-15-28/h16H,5-15H2,1-4H3/b21-16+. The Morgan fingerprint density at radius 3 is 2.35 bits per heavy atom. The zero-order valence-corrected chi connectivity index (χ0v) is 22.4. The van der Waals surface area contributed by atoms with E-state index in [2.05, 4.69) is 36.8 Å². The van der Waals surface area contributed by atoms with E-state index in [0.29, 0.717) is 27.9 Å². The molecule has 0 aliphatic carbocycles. The van der Waals surface area contributed by atoms with Crippen molar-refractivity contribution in [1.29, 1.82) is 5.26 Å². The fourth-order valence-electron chi connectivity index (χ4n) is 4.37. The quantitative estimate of drug-likeness (QED) is 0.288. The highest BCUT2D eigenvalue weighted by Crippen LogP contribution is 2.36. The largest absolute Gasteiger partial charge is 0.355 e. The van der Waals surface area contributed by atoms with E-state index in [0.717, 1.165) is 69.7 Å². The predicted octanol–water partition coefficient (Wildman–Crippen LogP) is 3.97. The molecule has 0 saturated carbocycles. The molecule has 0 unspecified atom stereocenters. The Balaban J connectivity index is 2.13. The zero-order chi connectivity index (χ0) is 24.8. The summed E-state index contributed by atoms with van der Waals surface area (Å²) in [5, 5.41) is 9.82. The number of thioether (sulfide) groups is 1. The van der Waals surface area contributed by atoms with Gasteiger partial charge in [-0.2, -0.15) is 5.26 Å². The number of aromatic nitrogens is 1. The molecule has 0 atom stereocenters. The number of anilines is 1. The molecule has 7 nitrogen and oxygen atoms in total. The number of carbonyl (C=O) groups is 1. The Morgan fingerprint density at radius 2 is 1.74 bits per heavy atom. The summed E-state index contributed by atoms with van der Waals surface area (Å²) in [5.74, 6) is 0.735. The van der Waals surface area contributed by atoms with E-state index < -0.39 is 0 Å². The van der Waals surface area contributed by atoms with E-state index in [4.69, 9.17) is 12.2 Å². The Bertz CT molecular complexity index is 1060. The van der Waals surface area contributed by atoms with Crippen molar-refractivity contribution in [3.05, 3.63) is 31.9 Å². The highest BCUT2D eigenvalue weighted by Gasteiger charge is 2.33. The van der Waals surface area contributed by atoms with Crippen LogP contribution in [0.2, 0.25) is 0 Å². The number of thiocarbonyl (C=S) groups is 1. The summed E-state index contributed by atoms with van der Waals surface area (Å²) in [6.45, 7) is 10.6. The Morgan fingerprint density at radius 1 is 1.06 bits per heavy atom. The lowest BCUT2D eigenvalue weighted by atomic mass is 10.0. The van der Waals surface area contributed by atoms with Crippen LogP contribution >= 0.6 is 24.0 Å². The fourth-order valence-corrected chi connectivity index (χ4v) is 5.66. The minimum atomic E-state index is -0.244. The van der Waals surface area contributed by atoms with Gasteiger partial charge in [-0.1, -0.05) is 57.1 Å². The van der Waals surface area contributed by atoms with E-state index in [9.17, 15) is 14.9 Å². The molecule has 9 heteroatoms. The van der Waals surface area contributed by atoms with E-state index in [1.165, 1.54) is 11.8 Å². The van der Waals surface area contributed by atoms with Crippen LogP contribution in [0.15, 0.2) is 9.70 Å². The highest BCUT2D eigenvalue weighted by atomic mass is 32.2. The van der Waals surface area contributed by atoms with Gasteiger partial charge in [-0.25, -0.2) is 0 Å². The molecule has 0 bridgehead atoms. The summed E-state index contributed by atoms with van der Waals surface area (Å²) in [6, 6.07) is 2.13. The van der Waals surface area contributed by atoms with Crippen molar-refractivity contribution in [2.75, 3.05) is 44.7 Å². The average Bonchev–Trinajstić information content (AvgIpc) is 3.08. The molecule has 1 amide bonds. The number of hydrogen-bond acceptors (Lipinski definition) is 7. The van der Waals surface area contributed by atoms with E-state index in [-0.39, 0.29) is 17.0 Å². The van der Waals surface area contributed by atoms with Crippen LogP contribution in [0, 0.1) is 18.3 Å². The van der Waals surface area contributed by atoms with E-state index >= 15 is 0 Å². The maximum absolute atomic E-state index is 13.3. The minimum Gasteiger partial charge on any atom is -0.355 e. The molecule has 34 heavy (non-hydrogen) atoms. The average molecular weight is 502 g/mol. The zero-order valence-electron chi connectivity index (χ0n) is 20.7. The van der Waals surface area contributed by atoms with Gasteiger partial charge in [-0.05, 0) is 38.5 Å². The first-order chi connectivity index (χ1) is 16.3. The van der Waals surface area contributed by atoms with Crippen LogP contribution in [-0.4, -0.2) is 64.4 Å². The summed E-state index contributed by atoms with van der Waals surface area (Å²) in [4.78, 5) is 33.3. The molecule has 0 spiro atoms. The summed E-state index contributed by atoms with van der Waals surface area (Å²) >= 11 is 6.83. The number of carbonyl (C=O) groups excluding carboxylic acids is 1. The summed E-state index contributed by atoms with van der Waals surface area (Å²) < 4.78 is 2.33. The number of unbranched alkanes of at least 4 members (excludes halogenated alkanes) is 3. The first-order valence-electron chi connectivity index (χ1n) is 12.2. The summed E-state index contributed by atoms with van der Waals surface area (Å²) in [7, 11) is 2.09. The lowest BCUT2D eigenvalue weighted by molar-refractivity contribution is -0.122. The number of piperazine rings is 1. The van der Waals surface area contributed by atoms with Crippen molar-refractivity contribution in [3.8, 4) is 6.07 Å². The smallest absolute Gasteiger partial charge is 0.270 e. The van der Waals surface area contributed by atoms with Crippen LogP contribution in [0.5, 0.6) is 0 Å². The Hall–Kier alpha value is -2.15. The van der Waals surface area contributed by atoms with Crippen molar-refractivity contribution in [2.24, 2.45) is 0 Å². The Labute approximate surface area is 212 Å². The second-order valence-corrected chi connectivity index (χ2v) is 10.7. The topological polar surface area (TPSA) is 72.6 Å². The molecule has 0 N–H and O–H groups in total. The lowest BCUT2D eigenvalue weighted by Crippen LogP contribution is -2.47. The van der Waals surface area contributed by atoms with Gasteiger partial charge >= 0.3 is 0 Å². The molecule has 1 aromatic heterocycles. The van der Waals surface area contributed by atoms with Gasteiger partial charge in [0, 0.05) is 44.8 Å². The number of nitrogens with zero attached hydrogens (tertiary/aromatic N) is 5. The molecule has 2 fully saturated rings. The molecule has 3 heterocycles. The van der Waals surface area contributed by atoms with Crippen molar-refractivity contribution >= 4 is 46.1 Å². The molecule has 2 saturated heterocycles. The monoisotopic (exact) mass is 501 g/mol. The van der Waals surface area contributed by atoms with Gasteiger partial charge in [0.2, 0.25) is 0 Å². The number of amides is 1. The molecule has 2 aliphatic rings. The first-order valence-corrected chi connectivity index (χ1v) is 13.4. The number of likely N-dealkylation sites (N-methyl/N-ethyl adjacent to an activating group) is 1. The van der Waals surface area contributed by atoms with Gasteiger partial charge in [0.1, 0.15) is 21.8 Å². The van der Waals surface area contributed by atoms with Crippen molar-refractivity contribution in [3.63, 3.8) is 0 Å². The fraction of sp³-hybridized carbons (Fsp3) is 0.600. The number of hydrogen-bond donors (Lipinski definition) is 0. The van der Waals surface area contributed by atoms with Crippen molar-refractivity contribution in [2.45, 2.75) is 59.4 Å². The predicted molar refractivity (Wildman–Crippen MR) is 144 cm³/mol. The van der Waals surface area contributed by atoms with Gasteiger partial charge < -0.3 is 9.80 Å². The van der Waals surface area contributed by atoms with Crippen LogP contribution in [0.4, 0.5) is 5.82 Å². The molecule has 0 aromatic carbocycles. The highest BCUT2D eigenvalue weighted by molar-refractivity contribution is 8.26. The van der Waals surface area contributed by atoms with Crippen LogP contribution in [0.3, 0.4) is 0 Å². The van der Waals surface area contributed by atoms with Gasteiger partial charge in [-0.3, -0.25) is 19.1 Å². The van der Waals surface area contributed by atoms with Crippen LogP contribution in [0.25, 0.3) is 6.08 Å². The number of nitriles is 1. The van der Waals surface area contributed by atoms with E-state index in [1.807, 2.05) is 13.0 Å². The minimum absolute atomic E-state index is 0.0837. The SMILES string of the molecule is CCCCCN1C(=O)/C(=C\c2c(C)c(C#N)c(=O)n(CCCC)c2N2CCN(C)CC2)SC1=S. The summed E-state index contributed by atoms with van der Waals surface area (Å²) in [6.07, 6.45) is 6.70.